The third kappa shape index (κ3) is 2.33. The summed E-state index contributed by atoms with van der Waals surface area (Å²) in [4.78, 5) is 1.75. The molecular formula is C7H15NO. The Hall–Kier alpha value is -0.0800. The molecule has 0 radical (unpaired) electrons. The van der Waals surface area contributed by atoms with Crippen molar-refractivity contribution in [1.29, 1.82) is 0 Å². The van der Waals surface area contributed by atoms with Gasteiger partial charge in [0.15, 0.2) is 0 Å². The van der Waals surface area contributed by atoms with Gasteiger partial charge in [-0.25, -0.2) is 0 Å². The first-order chi connectivity index (χ1) is 5.17. The van der Waals surface area contributed by atoms with Crippen LogP contribution in [0.2, 0.25) is 0 Å². The van der Waals surface area contributed by atoms with Gasteiger partial charge >= 0.3 is 0 Å². The third-order valence-corrected chi connectivity index (χ3v) is 1.44. The lowest BCUT2D eigenvalue weighted by Gasteiger charge is -2.10. The van der Waals surface area contributed by atoms with Crippen molar-refractivity contribution in [2.24, 2.45) is 0 Å². The van der Waals surface area contributed by atoms with E-state index < -0.39 is 6.68 Å². The first kappa shape index (κ1) is 4.69. The van der Waals surface area contributed by atoms with Gasteiger partial charge in [-0.05, 0) is 6.42 Å². The van der Waals surface area contributed by atoms with Crippen molar-refractivity contribution in [3.8, 4) is 0 Å². The summed E-state index contributed by atoms with van der Waals surface area (Å²) in [5.74, 6) is 0. The minimum absolute atomic E-state index is 0.525. The van der Waals surface area contributed by atoms with Gasteiger partial charge in [-0.2, -0.15) is 0 Å². The molecule has 1 fully saturated rings. The van der Waals surface area contributed by atoms with Crippen LogP contribution in [0.3, 0.4) is 0 Å². The molecule has 9 heavy (non-hydrogen) atoms. The highest BCUT2D eigenvalue weighted by molar-refractivity contribution is 4.57. The average Bonchev–Trinajstić information content (AvgIpc) is 2.25. The van der Waals surface area contributed by atoms with E-state index in [4.69, 9.17) is 7.48 Å². The van der Waals surface area contributed by atoms with Gasteiger partial charge in [-0.15, -0.1) is 0 Å². The molecule has 0 saturated carbocycles. The highest BCUT2D eigenvalue weighted by atomic mass is 16.5. The fraction of sp³-hybridized carbons (Fsp3) is 1.00. The van der Waals surface area contributed by atoms with Crippen LogP contribution < -0.4 is 0 Å². The molecule has 1 aliphatic rings. The highest BCUT2D eigenvalue weighted by Crippen LogP contribution is 2.00. The lowest BCUT2D eigenvalue weighted by atomic mass is 10.3. The van der Waals surface area contributed by atoms with Gasteiger partial charge in [0.25, 0.3) is 0 Å². The summed E-state index contributed by atoms with van der Waals surface area (Å²) < 4.78 is 19.7. The minimum Gasteiger partial charge on any atom is -0.365 e. The van der Waals surface area contributed by atoms with Crippen LogP contribution in [0.1, 0.15) is 22.5 Å². The molecule has 1 saturated heterocycles. The van der Waals surface area contributed by atoms with Crippen molar-refractivity contribution in [3.63, 3.8) is 0 Å². The fourth-order valence-corrected chi connectivity index (χ4v) is 0.845. The average molecular weight is 131 g/mol. The molecule has 0 aromatic heterocycles. The van der Waals surface area contributed by atoms with E-state index in [0.717, 1.165) is 25.9 Å². The Bertz CT molecular complexity index is 130. The van der Waals surface area contributed by atoms with Crippen molar-refractivity contribution < 1.29 is 7.48 Å². The molecular weight excluding hydrogens is 114 g/mol. The van der Waals surface area contributed by atoms with Crippen LogP contribution in [0, 0.1) is 0 Å². The Morgan fingerprint density at radius 1 is 1.78 bits per heavy atom. The summed E-state index contributed by atoms with van der Waals surface area (Å²) in [6.07, 6.45) is 2.15. The SMILES string of the molecule is [2H]C1([2H])OCCN1CCCC. The van der Waals surface area contributed by atoms with Crippen molar-refractivity contribution in [3.05, 3.63) is 0 Å². The van der Waals surface area contributed by atoms with Crippen LogP contribution in [0.25, 0.3) is 0 Å². The van der Waals surface area contributed by atoms with E-state index in [1.807, 2.05) is 0 Å². The van der Waals surface area contributed by atoms with Crippen LogP contribution in [0.15, 0.2) is 0 Å². The molecule has 0 bridgehead atoms. The zero-order valence-electron chi connectivity index (χ0n) is 7.89. The Morgan fingerprint density at radius 3 is 3.22 bits per heavy atom. The van der Waals surface area contributed by atoms with E-state index in [2.05, 4.69) is 6.92 Å². The number of ether oxygens (including phenoxy) is 1. The summed E-state index contributed by atoms with van der Waals surface area (Å²) in [6.45, 7) is 2.66. The molecule has 0 atom stereocenters. The van der Waals surface area contributed by atoms with E-state index in [1.54, 1.807) is 4.90 Å². The second kappa shape index (κ2) is 3.85. The van der Waals surface area contributed by atoms with Gasteiger partial charge in [0.1, 0.15) is 0 Å². The molecule has 0 N–H and O–H groups in total. The van der Waals surface area contributed by atoms with Crippen molar-refractivity contribution in [1.82, 2.24) is 4.90 Å². The lowest BCUT2D eigenvalue weighted by molar-refractivity contribution is 0.140. The topological polar surface area (TPSA) is 12.5 Å². The van der Waals surface area contributed by atoms with Gasteiger partial charge in [0.05, 0.1) is 16.0 Å². The fourth-order valence-electron chi connectivity index (χ4n) is 0.845. The lowest BCUT2D eigenvalue weighted by Crippen LogP contribution is -2.20. The van der Waals surface area contributed by atoms with Crippen molar-refractivity contribution in [2.45, 2.75) is 19.8 Å². The summed E-state index contributed by atoms with van der Waals surface area (Å²) in [5.41, 5.74) is 0. The van der Waals surface area contributed by atoms with Crippen LogP contribution >= 0.6 is 0 Å². The highest BCUT2D eigenvalue weighted by Gasteiger charge is 2.09. The predicted molar refractivity (Wildman–Crippen MR) is 37.3 cm³/mol. The zero-order valence-corrected chi connectivity index (χ0v) is 5.89. The summed E-state index contributed by atoms with van der Waals surface area (Å²) >= 11 is 0. The molecule has 1 aliphatic heterocycles. The summed E-state index contributed by atoms with van der Waals surface area (Å²) in [6, 6.07) is 0. The maximum absolute atomic E-state index is 7.39. The van der Waals surface area contributed by atoms with Crippen LogP contribution in [0.4, 0.5) is 0 Å². The van der Waals surface area contributed by atoms with Crippen molar-refractivity contribution in [2.75, 3.05) is 26.4 Å². The van der Waals surface area contributed by atoms with Crippen LogP contribution in [0.5, 0.6) is 0 Å². The normalized spacial score (nSPS) is 29.9. The molecule has 2 nitrogen and oxygen atoms in total. The monoisotopic (exact) mass is 131 g/mol. The predicted octanol–water partition coefficient (Wildman–Crippen LogP) is 1.08. The Kier molecular flexibility index (Phi) is 2.01. The van der Waals surface area contributed by atoms with Gasteiger partial charge in [0.2, 0.25) is 0 Å². The smallest absolute Gasteiger partial charge is 0.0991 e. The molecule has 0 unspecified atom stereocenters. The number of nitrogens with zero attached hydrogens (tertiary/aromatic N) is 1. The summed E-state index contributed by atoms with van der Waals surface area (Å²) in [7, 11) is 0. The van der Waals surface area contributed by atoms with E-state index in [1.165, 1.54) is 0 Å². The van der Waals surface area contributed by atoms with Gasteiger partial charge in [0, 0.05) is 13.1 Å². The molecule has 0 amide bonds. The first-order valence-corrected chi connectivity index (χ1v) is 3.56. The number of hydrogen-bond donors (Lipinski definition) is 0. The zero-order chi connectivity index (χ0) is 8.32. The van der Waals surface area contributed by atoms with E-state index in [0.29, 0.717) is 6.61 Å². The molecule has 0 aliphatic carbocycles. The third-order valence-electron chi connectivity index (χ3n) is 1.44. The van der Waals surface area contributed by atoms with Crippen molar-refractivity contribution >= 4 is 0 Å². The maximum atomic E-state index is 7.39. The quantitative estimate of drug-likeness (QED) is 0.568. The number of rotatable bonds is 3. The summed E-state index contributed by atoms with van der Waals surface area (Å²) in [5, 5.41) is 0. The molecule has 0 aromatic rings. The van der Waals surface area contributed by atoms with E-state index >= 15 is 0 Å². The van der Waals surface area contributed by atoms with Crippen LogP contribution in [-0.2, 0) is 4.74 Å². The number of unbranched alkanes of at least 4 members (excludes halogenated alkanes) is 1. The molecule has 1 rings (SSSR count). The Morgan fingerprint density at radius 2 is 2.67 bits per heavy atom. The standard InChI is InChI=1S/C7H15NO/c1-2-3-4-8-5-6-9-7-8/h2-7H2,1H3/i7D2. The van der Waals surface area contributed by atoms with E-state index in [-0.39, 0.29) is 0 Å². The largest absolute Gasteiger partial charge is 0.365 e. The maximum Gasteiger partial charge on any atom is 0.0991 e. The second-order valence-electron chi connectivity index (χ2n) is 2.28. The molecule has 1 heterocycles. The molecule has 0 spiro atoms. The van der Waals surface area contributed by atoms with Gasteiger partial charge in [-0.3, -0.25) is 4.90 Å². The first-order valence-electron chi connectivity index (χ1n) is 4.56. The van der Waals surface area contributed by atoms with Gasteiger partial charge in [-0.1, -0.05) is 13.3 Å². The van der Waals surface area contributed by atoms with E-state index in [9.17, 15) is 0 Å². The Labute approximate surface area is 59.6 Å². The Balaban J connectivity index is 2.32. The molecule has 2 heteroatoms. The van der Waals surface area contributed by atoms with Crippen LogP contribution in [-0.4, -0.2) is 31.3 Å². The second-order valence-corrected chi connectivity index (χ2v) is 2.28. The minimum atomic E-state index is -1.50. The number of hydrogen-bond acceptors (Lipinski definition) is 2. The van der Waals surface area contributed by atoms with Gasteiger partial charge < -0.3 is 4.74 Å². The molecule has 0 aromatic carbocycles. The molecule has 54 valence electrons.